The molecule has 0 atom stereocenters. The number of aromatic nitrogens is 2. The third-order valence-corrected chi connectivity index (χ3v) is 7.94. The van der Waals surface area contributed by atoms with Gasteiger partial charge in [-0.25, -0.2) is 9.97 Å². The molecule has 9 heteroatoms. The first-order valence-corrected chi connectivity index (χ1v) is 14.2. The molecule has 2 saturated carbocycles. The highest BCUT2D eigenvalue weighted by Crippen LogP contribution is 2.27. The van der Waals surface area contributed by atoms with Crippen LogP contribution in [0, 0.1) is 5.92 Å². The molecule has 0 bridgehead atoms. The quantitative estimate of drug-likeness (QED) is 0.308. The van der Waals surface area contributed by atoms with Crippen LogP contribution in [0.3, 0.4) is 0 Å². The highest BCUT2D eigenvalue weighted by atomic mass is 35.5. The molecule has 0 aliphatic heterocycles. The van der Waals surface area contributed by atoms with Gasteiger partial charge in [-0.15, -0.1) is 0 Å². The number of hydrogen-bond acceptors (Lipinski definition) is 7. The number of ether oxygens (including phenoxy) is 1. The van der Waals surface area contributed by atoms with Crippen LogP contribution in [0.2, 0.25) is 5.15 Å². The third kappa shape index (κ3) is 8.06. The van der Waals surface area contributed by atoms with E-state index in [-0.39, 0.29) is 30.1 Å². The van der Waals surface area contributed by atoms with Crippen LogP contribution in [0.1, 0.15) is 74.7 Å². The Kier molecular flexibility index (Phi) is 10.2. The van der Waals surface area contributed by atoms with Gasteiger partial charge in [-0.3, -0.25) is 9.59 Å². The van der Waals surface area contributed by atoms with Crippen molar-refractivity contribution in [2.24, 2.45) is 5.92 Å². The highest BCUT2D eigenvalue weighted by Gasteiger charge is 2.23. The predicted octanol–water partition coefficient (Wildman–Crippen LogP) is 4.92. The van der Waals surface area contributed by atoms with Gasteiger partial charge in [-0.05, 0) is 49.3 Å². The summed E-state index contributed by atoms with van der Waals surface area (Å²) in [6.45, 7) is 1.13. The fraction of sp³-hybridized carbons (Fsp3) is 0.586. The number of hydrogen-bond donors (Lipinski definition) is 2. The van der Waals surface area contributed by atoms with Gasteiger partial charge in [0, 0.05) is 37.3 Å². The number of halogens is 1. The molecular weight excluding hydrogens is 502 g/mol. The third-order valence-electron chi connectivity index (χ3n) is 7.63. The maximum absolute atomic E-state index is 12.7. The number of benzene rings is 1. The molecular formula is C29H40ClN5O3. The molecule has 2 aromatic rings. The van der Waals surface area contributed by atoms with Crippen LogP contribution in [0.4, 0.5) is 11.5 Å². The number of carbonyl (C=O) groups is 2. The zero-order chi connectivity index (χ0) is 26.9. The van der Waals surface area contributed by atoms with Crippen LogP contribution >= 0.6 is 11.6 Å². The van der Waals surface area contributed by atoms with Crippen molar-refractivity contribution in [3.05, 3.63) is 46.4 Å². The Morgan fingerprint density at radius 2 is 1.71 bits per heavy atom. The van der Waals surface area contributed by atoms with E-state index in [2.05, 4.69) is 39.9 Å². The van der Waals surface area contributed by atoms with Gasteiger partial charge in [0.15, 0.2) is 0 Å². The maximum atomic E-state index is 12.7. The minimum Gasteiger partial charge on any atom is -0.469 e. The SMILES string of the molecule is COC(=O)Cc1c(Cl)nc(Cc2ccc(NCC3CCCCC3)cc2)nc1N(C)CC(=O)NC1CCCC1. The molecule has 38 heavy (non-hydrogen) atoms. The molecule has 2 aliphatic carbocycles. The van der Waals surface area contributed by atoms with E-state index < -0.39 is 5.97 Å². The van der Waals surface area contributed by atoms with Gasteiger partial charge < -0.3 is 20.3 Å². The van der Waals surface area contributed by atoms with Crippen LogP contribution in [-0.2, 0) is 27.2 Å². The van der Waals surface area contributed by atoms with Gasteiger partial charge in [0.25, 0.3) is 0 Å². The Morgan fingerprint density at radius 3 is 2.39 bits per heavy atom. The molecule has 1 heterocycles. The summed E-state index contributed by atoms with van der Waals surface area (Å²) in [5.41, 5.74) is 2.62. The first-order valence-electron chi connectivity index (χ1n) is 13.9. The summed E-state index contributed by atoms with van der Waals surface area (Å²) in [5, 5.41) is 6.87. The number of esters is 1. The second kappa shape index (κ2) is 13.8. The Hall–Kier alpha value is -2.87. The lowest BCUT2D eigenvalue weighted by Crippen LogP contribution is -2.40. The number of anilines is 2. The van der Waals surface area contributed by atoms with Crippen LogP contribution in [-0.4, -0.2) is 55.1 Å². The second-order valence-corrected chi connectivity index (χ2v) is 11.0. The molecule has 0 radical (unpaired) electrons. The van der Waals surface area contributed by atoms with Crippen molar-refractivity contribution in [1.82, 2.24) is 15.3 Å². The van der Waals surface area contributed by atoms with E-state index >= 15 is 0 Å². The topological polar surface area (TPSA) is 96.4 Å². The predicted molar refractivity (Wildman–Crippen MR) is 151 cm³/mol. The second-order valence-electron chi connectivity index (χ2n) is 10.6. The Morgan fingerprint density at radius 1 is 1.03 bits per heavy atom. The zero-order valence-corrected chi connectivity index (χ0v) is 23.4. The fourth-order valence-electron chi connectivity index (χ4n) is 5.46. The Balaban J connectivity index is 1.45. The van der Waals surface area contributed by atoms with E-state index in [1.54, 1.807) is 11.9 Å². The van der Waals surface area contributed by atoms with Crippen LogP contribution in [0.25, 0.3) is 0 Å². The summed E-state index contributed by atoms with van der Waals surface area (Å²) in [5.74, 6) is 1.25. The first-order chi connectivity index (χ1) is 18.4. The number of likely N-dealkylation sites (N-methyl/N-ethyl adjacent to an activating group) is 1. The van der Waals surface area contributed by atoms with E-state index in [9.17, 15) is 9.59 Å². The average Bonchev–Trinajstić information content (AvgIpc) is 3.43. The van der Waals surface area contributed by atoms with Crippen molar-refractivity contribution >= 4 is 35.0 Å². The van der Waals surface area contributed by atoms with E-state index in [1.165, 1.54) is 39.2 Å². The molecule has 0 spiro atoms. The number of nitrogens with zero attached hydrogens (tertiary/aromatic N) is 3. The standard InChI is InChI=1S/C29H40ClN5O3/c1-35(19-26(36)32-23-10-6-7-11-23)29-24(17-27(37)38-2)28(30)33-25(34-29)16-20-12-14-22(15-13-20)31-18-21-8-4-3-5-9-21/h12-15,21,23,31H,3-11,16-19H2,1-2H3,(H,32,36). The van der Waals surface area contributed by atoms with Crippen molar-refractivity contribution in [1.29, 1.82) is 0 Å². The summed E-state index contributed by atoms with van der Waals surface area (Å²) in [4.78, 5) is 35.7. The summed E-state index contributed by atoms with van der Waals surface area (Å²) >= 11 is 6.56. The van der Waals surface area contributed by atoms with Crippen molar-refractivity contribution in [2.75, 3.05) is 37.5 Å². The molecule has 2 fully saturated rings. The normalized spacial score (nSPS) is 16.3. The summed E-state index contributed by atoms with van der Waals surface area (Å²) in [6, 6.07) is 8.55. The van der Waals surface area contributed by atoms with Crippen molar-refractivity contribution in [3.8, 4) is 0 Å². The summed E-state index contributed by atoms with van der Waals surface area (Å²) in [6.07, 6.45) is 11.4. The lowest BCUT2D eigenvalue weighted by atomic mass is 9.89. The first kappa shape index (κ1) is 28.1. The number of amides is 1. The largest absolute Gasteiger partial charge is 0.469 e. The molecule has 8 nitrogen and oxygen atoms in total. The lowest BCUT2D eigenvalue weighted by molar-refractivity contribution is -0.139. The smallest absolute Gasteiger partial charge is 0.310 e. The van der Waals surface area contributed by atoms with Gasteiger partial charge >= 0.3 is 5.97 Å². The average molecular weight is 542 g/mol. The monoisotopic (exact) mass is 541 g/mol. The molecule has 1 amide bonds. The molecule has 1 aromatic heterocycles. The van der Waals surface area contributed by atoms with Gasteiger partial charge in [-0.2, -0.15) is 0 Å². The van der Waals surface area contributed by atoms with Gasteiger partial charge in [0.1, 0.15) is 16.8 Å². The molecule has 0 unspecified atom stereocenters. The molecule has 206 valence electrons. The molecule has 2 aliphatic rings. The number of rotatable bonds is 11. The van der Waals surface area contributed by atoms with Crippen molar-refractivity contribution < 1.29 is 14.3 Å². The van der Waals surface area contributed by atoms with Crippen LogP contribution in [0.5, 0.6) is 0 Å². The van der Waals surface area contributed by atoms with E-state index in [0.717, 1.165) is 49.4 Å². The maximum Gasteiger partial charge on any atom is 0.310 e. The molecule has 4 rings (SSSR count). The van der Waals surface area contributed by atoms with E-state index in [4.69, 9.17) is 21.3 Å². The van der Waals surface area contributed by atoms with E-state index in [0.29, 0.717) is 23.6 Å². The Labute approximate surface area is 230 Å². The number of carbonyl (C=O) groups excluding carboxylic acids is 2. The zero-order valence-electron chi connectivity index (χ0n) is 22.6. The number of methoxy groups -OCH3 is 1. The van der Waals surface area contributed by atoms with Crippen LogP contribution < -0.4 is 15.5 Å². The highest BCUT2D eigenvalue weighted by molar-refractivity contribution is 6.30. The molecule has 1 aromatic carbocycles. The fourth-order valence-corrected chi connectivity index (χ4v) is 5.71. The van der Waals surface area contributed by atoms with E-state index in [1.807, 2.05) is 0 Å². The van der Waals surface area contributed by atoms with Crippen LogP contribution in [0.15, 0.2) is 24.3 Å². The van der Waals surface area contributed by atoms with Gasteiger partial charge in [0.05, 0.1) is 20.1 Å². The molecule has 2 N–H and O–H groups in total. The van der Waals surface area contributed by atoms with Crippen molar-refractivity contribution in [2.45, 2.75) is 76.7 Å². The minimum atomic E-state index is -0.440. The van der Waals surface area contributed by atoms with Crippen molar-refractivity contribution in [3.63, 3.8) is 0 Å². The van der Waals surface area contributed by atoms with Gasteiger partial charge in [-0.1, -0.05) is 55.8 Å². The number of nitrogens with one attached hydrogen (secondary N) is 2. The summed E-state index contributed by atoms with van der Waals surface area (Å²) in [7, 11) is 3.11. The molecule has 0 saturated heterocycles. The lowest BCUT2D eigenvalue weighted by Gasteiger charge is -2.23. The Bertz CT molecular complexity index is 1080. The summed E-state index contributed by atoms with van der Waals surface area (Å²) < 4.78 is 4.85. The van der Waals surface area contributed by atoms with Gasteiger partial charge in [0.2, 0.25) is 5.91 Å². The minimum absolute atomic E-state index is 0.0686.